The zero-order valence-electron chi connectivity index (χ0n) is 13.1. The van der Waals surface area contributed by atoms with Crippen LogP contribution in [0.3, 0.4) is 0 Å². The zero-order valence-corrected chi connectivity index (χ0v) is 13.1. The van der Waals surface area contributed by atoms with E-state index in [1.807, 2.05) is 30.0 Å². The molecule has 0 fully saturated rings. The van der Waals surface area contributed by atoms with E-state index in [0.29, 0.717) is 25.5 Å². The second-order valence-electron chi connectivity index (χ2n) is 5.61. The molecule has 118 valence electrons. The van der Waals surface area contributed by atoms with E-state index in [-0.39, 0.29) is 5.91 Å². The molecule has 0 bridgehead atoms. The third kappa shape index (κ3) is 4.35. The SMILES string of the molecule is C=C(C)CN=C(N)NCCCC(=O)N1CCc2ccccc21. The number of nitrogens with zero attached hydrogens (tertiary/aromatic N) is 2. The molecular formula is C17H24N4O. The van der Waals surface area contributed by atoms with Gasteiger partial charge in [-0.1, -0.05) is 30.4 Å². The molecule has 3 N–H and O–H groups in total. The van der Waals surface area contributed by atoms with E-state index in [9.17, 15) is 4.79 Å². The molecule has 0 saturated carbocycles. The summed E-state index contributed by atoms with van der Waals surface area (Å²) < 4.78 is 0. The van der Waals surface area contributed by atoms with Crippen molar-refractivity contribution in [3.8, 4) is 0 Å². The fourth-order valence-corrected chi connectivity index (χ4v) is 2.46. The Morgan fingerprint density at radius 3 is 3.00 bits per heavy atom. The highest BCUT2D eigenvalue weighted by Gasteiger charge is 2.23. The summed E-state index contributed by atoms with van der Waals surface area (Å²) in [5.74, 6) is 0.575. The molecule has 0 radical (unpaired) electrons. The van der Waals surface area contributed by atoms with Crippen LogP contribution in [0.15, 0.2) is 41.4 Å². The van der Waals surface area contributed by atoms with Crippen molar-refractivity contribution in [2.24, 2.45) is 10.7 Å². The van der Waals surface area contributed by atoms with Crippen molar-refractivity contribution in [2.45, 2.75) is 26.2 Å². The summed E-state index contributed by atoms with van der Waals surface area (Å²) >= 11 is 0. The third-order valence-electron chi connectivity index (χ3n) is 3.58. The zero-order chi connectivity index (χ0) is 15.9. The average Bonchev–Trinajstić information content (AvgIpc) is 2.93. The number of fused-ring (bicyclic) bond motifs is 1. The van der Waals surface area contributed by atoms with Gasteiger partial charge in [0.2, 0.25) is 5.91 Å². The molecule has 1 aromatic carbocycles. The standard InChI is InChI=1S/C17H24N4O/c1-13(2)12-20-17(18)19-10-5-8-16(22)21-11-9-14-6-3-4-7-15(14)21/h3-4,6-7H,1,5,8-12H2,2H3,(H3,18,19,20). The monoisotopic (exact) mass is 300 g/mol. The summed E-state index contributed by atoms with van der Waals surface area (Å²) in [6.45, 7) is 7.64. The number of nitrogens with one attached hydrogen (secondary N) is 1. The van der Waals surface area contributed by atoms with Gasteiger partial charge in [-0.15, -0.1) is 0 Å². The van der Waals surface area contributed by atoms with Crippen LogP contribution >= 0.6 is 0 Å². The van der Waals surface area contributed by atoms with Crippen LogP contribution in [-0.4, -0.2) is 31.5 Å². The van der Waals surface area contributed by atoms with Crippen molar-refractivity contribution in [1.29, 1.82) is 0 Å². The summed E-state index contributed by atoms with van der Waals surface area (Å²) in [5.41, 5.74) is 9.01. The molecular weight excluding hydrogens is 276 g/mol. The number of hydrogen-bond donors (Lipinski definition) is 2. The number of hydrogen-bond acceptors (Lipinski definition) is 2. The van der Waals surface area contributed by atoms with Crippen LogP contribution in [-0.2, 0) is 11.2 Å². The van der Waals surface area contributed by atoms with E-state index < -0.39 is 0 Å². The van der Waals surface area contributed by atoms with Crippen molar-refractivity contribution in [3.05, 3.63) is 42.0 Å². The van der Waals surface area contributed by atoms with Crippen LogP contribution in [0.4, 0.5) is 5.69 Å². The number of carbonyl (C=O) groups is 1. The quantitative estimate of drug-likeness (QED) is 0.364. The van der Waals surface area contributed by atoms with Crippen LogP contribution in [0.25, 0.3) is 0 Å². The van der Waals surface area contributed by atoms with Crippen molar-refractivity contribution in [2.75, 3.05) is 24.5 Å². The molecule has 1 aromatic rings. The van der Waals surface area contributed by atoms with Gasteiger partial charge >= 0.3 is 0 Å². The fraction of sp³-hybridized carbons (Fsp3) is 0.412. The lowest BCUT2D eigenvalue weighted by Gasteiger charge is -2.17. The number of guanidine groups is 1. The van der Waals surface area contributed by atoms with E-state index in [2.05, 4.69) is 23.0 Å². The second-order valence-corrected chi connectivity index (χ2v) is 5.61. The lowest BCUT2D eigenvalue weighted by atomic mass is 10.2. The Labute approximate surface area is 131 Å². The summed E-state index contributed by atoms with van der Waals surface area (Å²) in [5, 5.41) is 3.02. The maximum atomic E-state index is 12.3. The Balaban J connectivity index is 1.73. The van der Waals surface area contributed by atoms with Gasteiger partial charge in [-0.2, -0.15) is 0 Å². The van der Waals surface area contributed by atoms with E-state index >= 15 is 0 Å². The number of rotatable bonds is 6. The number of para-hydroxylation sites is 1. The molecule has 0 saturated heterocycles. The molecule has 1 heterocycles. The Bertz CT molecular complexity index is 580. The maximum Gasteiger partial charge on any atom is 0.227 e. The Hall–Kier alpha value is -2.30. The van der Waals surface area contributed by atoms with E-state index in [0.717, 1.165) is 30.6 Å². The molecule has 0 spiro atoms. The molecule has 5 nitrogen and oxygen atoms in total. The van der Waals surface area contributed by atoms with Crippen molar-refractivity contribution >= 4 is 17.6 Å². The average molecular weight is 300 g/mol. The van der Waals surface area contributed by atoms with Gasteiger partial charge < -0.3 is 16.0 Å². The van der Waals surface area contributed by atoms with Crippen molar-refractivity contribution < 1.29 is 4.79 Å². The molecule has 1 aliphatic rings. The molecule has 0 aliphatic carbocycles. The molecule has 5 heteroatoms. The highest BCUT2D eigenvalue weighted by molar-refractivity contribution is 5.95. The first kappa shape index (κ1) is 16.1. The molecule has 1 aliphatic heterocycles. The molecule has 1 amide bonds. The van der Waals surface area contributed by atoms with Gasteiger partial charge in [-0.05, 0) is 31.4 Å². The van der Waals surface area contributed by atoms with Crippen LogP contribution in [0.1, 0.15) is 25.3 Å². The minimum atomic E-state index is 0.171. The summed E-state index contributed by atoms with van der Waals surface area (Å²) in [6.07, 6.45) is 2.19. The number of carbonyl (C=O) groups excluding carboxylic acids is 1. The Morgan fingerprint density at radius 1 is 1.45 bits per heavy atom. The first-order chi connectivity index (χ1) is 10.6. The molecule has 0 unspecified atom stereocenters. The minimum Gasteiger partial charge on any atom is -0.370 e. The Kier molecular flexibility index (Phi) is 5.58. The van der Waals surface area contributed by atoms with Gasteiger partial charge in [0.25, 0.3) is 0 Å². The predicted octanol–water partition coefficient (Wildman–Crippen LogP) is 1.84. The van der Waals surface area contributed by atoms with E-state index in [1.165, 1.54) is 5.56 Å². The van der Waals surface area contributed by atoms with Gasteiger partial charge in [0.05, 0.1) is 6.54 Å². The minimum absolute atomic E-state index is 0.171. The summed E-state index contributed by atoms with van der Waals surface area (Å²) in [6, 6.07) is 8.10. The lowest BCUT2D eigenvalue weighted by Crippen LogP contribution is -2.34. The number of aliphatic imine (C=N–C) groups is 1. The van der Waals surface area contributed by atoms with Crippen LogP contribution in [0, 0.1) is 0 Å². The first-order valence-corrected chi connectivity index (χ1v) is 7.64. The van der Waals surface area contributed by atoms with Gasteiger partial charge in [-0.25, -0.2) is 4.99 Å². The summed E-state index contributed by atoms with van der Waals surface area (Å²) in [7, 11) is 0. The number of amides is 1. The number of anilines is 1. The Morgan fingerprint density at radius 2 is 2.23 bits per heavy atom. The first-order valence-electron chi connectivity index (χ1n) is 7.64. The smallest absolute Gasteiger partial charge is 0.227 e. The van der Waals surface area contributed by atoms with E-state index in [4.69, 9.17) is 5.73 Å². The van der Waals surface area contributed by atoms with Crippen molar-refractivity contribution in [1.82, 2.24) is 5.32 Å². The molecule has 2 rings (SSSR count). The van der Waals surface area contributed by atoms with Gasteiger partial charge in [0.15, 0.2) is 5.96 Å². The number of nitrogens with two attached hydrogens (primary N) is 1. The number of benzene rings is 1. The highest BCUT2D eigenvalue weighted by atomic mass is 16.2. The van der Waals surface area contributed by atoms with Gasteiger partial charge in [0, 0.05) is 25.2 Å². The van der Waals surface area contributed by atoms with Crippen LogP contribution in [0.5, 0.6) is 0 Å². The van der Waals surface area contributed by atoms with Crippen LogP contribution in [0.2, 0.25) is 0 Å². The second kappa shape index (κ2) is 7.64. The molecule has 0 atom stereocenters. The summed E-state index contributed by atoms with van der Waals surface area (Å²) in [4.78, 5) is 18.3. The molecule has 22 heavy (non-hydrogen) atoms. The topological polar surface area (TPSA) is 70.7 Å². The van der Waals surface area contributed by atoms with E-state index in [1.54, 1.807) is 0 Å². The molecule has 0 aromatic heterocycles. The van der Waals surface area contributed by atoms with Crippen molar-refractivity contribution in [3.63, 3.8) is 0 Å². The predicted molar refractivity (Wildman–Crippen MR) is 91.0 cm³/mol. The maximum absolute atomic E-state index is 12.3. The van der Waals surface area contributed by atoms with Gasteiger partial charge in [0.1, 0.15) is 0 Å². The van der Waals surface area contributed by atoms with Gasteiger partial charge in [-0.3, -0.25) is 4.79 Å². The third-order valence-corrected chi connectivity index (χ3v) is 3.58. The van der Waals surface area contributed by atoms with Crippen LogP contribution < -0.4 is 16.0 Å². The highest BCUT2D eigenvalue weighted by Crippen LogP contribution is 2.27. The largest absolute Gasteiger partial charge is 0.370 e. The fourth-order valence-electron chi connectivity index (χ4n) is 2.46. The lowest BCUT2D eigenvalue weighted by molar-refractivity contribution is -0.118. The normalized spacial score (nSPS) is 13.9.